The molecule has 2 rings (SSSR count). The van der Waals surface area contributed by atoms with Crippen molar-refractivity contribution in [2.24, 2.45) is 0 Å². The zero-order valence-corrected chi connectivity index (χ0v) is 12.3. The molecule has 2 aliphatic rings. The fourth-order valence-corrected chi connectivity index (χ4v) is 3.44. The maximum absolute atomic E-state index is 12.2. The van der Waals surface area contributed by atoms with Crippen molar-refractivity contribution < 1.29 is 14.3 Å². The third kappa shape index (κ3) is 3.48. The molecule has 110 valence electrons. The summed E-state index contributed by atoms with van der Waals surface area (Å²) in [6, 6.07) is 0.350. The highest BCUT2D eigenvalue weighted by Gasteiger charge is 2.40. The van der Waals surface area contributed by atoms with Gasteiger partial charge in [0.2, 0.25) is 0 Å². The third-order valence-electron chi connectivity index (χ3n) is 4.30. The quantitative estimate of drug-likeness (QED) is 0.718. The van der Waals surface area contributed by atoms with Crippen molar-refractivity contribution in [3.8, 4) is 0 Å². The number of morpholine rings is 1. The summed E-state index contributed by atoms with van der Waals surface area (Å²) in [5, 5.41) is 0. The van der Waals surface area contributed by atoms with E-state index in [9.17, 15) is 4.79 Å². The van der Waals surface area contributed by atoms with Gasteiger partial charge >= 0.3 is 5.97 Å². The van der Waals surface area contributed by atoms with Gasteiger partial charge < -0.3 is 9.47 Å². The maximum atomic E-state index is 12.2. The van der Waals surface area contributed by atoms with E-state index in [1.54, 1.807) is 0 Å². The van der Waals surface area contributed by atoms with Crippen LogP contribution < -0.4 is 0 Å². The highest BCUT2D eigenvalue weighted by atomic mass is 16.5. The topological polar surface area (TPSA) is 38.8 Å². The lowest BCUT2D eigenvalue weighted by Gasteiger charge is -2.46. The summed E-state index contributed by atoms with van der Waals surface area (Å²) in [5.41, 5.74) is 0. The molecule has 0 spiro atoms. The van der Waals surface area contributed by atoms with Crippen molar-refractivity contribution >= 4 is 5.97 Å². The second-order valence-corrected chi connectivity index (χ2v) is 5.56. The molecule has 0 aromatic carbocycles. The van der Waals surface area contributed by atoms with Gasteiger partial charge in [0.05, 0.1) is 19.3 Å². The van der Waals surface area contributed by atoms with E-state index in [4.69, 9.17) is 9.47 Å². The Morgan fingerprint density at radius 1 is 1.37 bits per heavy atom. The standard InChI is InChI=1S/C15H27NO3/c1-3-7-13(15(17)18-4-2)16-10-11-19-14-9-6-5-8-12(14)16/h12-14H,3-11H2,1-2H3. The largest absolute Gasteiger partial charge is 0.465 e. The van der Waals surface area contributed by atoms with Crippen LogP contribution in [0.1, 0.15) is 52.4 Å². The number of ether oxygens (including phenoxy) is 2. The summed E-state index contributed by atoms with van der Waals surface area (Å²) in [7, 11) is 0. The molecule has 4 nitrogen and oxygen atoms in total. The summed E-state index contributed by atoms with van der Waals surface area (Å²) >= 11 is 0. The molecule has 0 radical (unpaired) electrons. The minimum Gasteiger partial charge on any atom is -0.465 e. The molecule has 1 saturated heterocycles. The Hall–Kier alpha value is -0.610. The molecule has 4 heteroatoms. The van der Waals surface area contributed by atoms with Gasteiger partial charge in [-0.2, -0.15) is 0 Å². The number of esters is 1. The predicted molar refractivity (Wildman–Crippen MR) is 74.0 cm³/mol. The molecular formula is C15H27NO3. The second kappa shape index (κ2) is 7.25. The molecule has 0 aromatic heterocycles. The summed E-state index contributed by atoms with van der Waals surface area (Å²) in [5.74, 6) is -0.0458. The molecular weight excluding hydrogens is 242 g/mol. The lowest BCUT2D eigenvalue weighted by atomic mass is 9.88. The SMILES string of the molecule is CCCC(C(=O)OCC)N1CCOC2CCCCC21. The third-order valence-corrected chi connectivity index (χ3v) is 4.30. The number of fused-ring (bicyclic) bond motifs is 1. The Morgan fingerprint density at radius 3 is 2.89 bits per heavy atom. The summed E-state index contributed by atoms with van der Waals surface area (Å²) in [6.07, 6.45) is 7.04. The Morgan fingerprint density at radius 2 is 2.16 bits per heavy atom. The summed E-state index contributed by atoms with van der Waals surface area (Å²) in [6.45, 7) is 6.09. The molecule has 2 fully saturated rings. The fourth-order valence-electron chi connectivity index (χ4n) is 3.44. The highest BCUT2D eigenvalue weighted by molar-refractivity contribution is 5.75. The number of carbonyl (C=O) groups is 1. The second-order valence-electron chi connectivity index (χ2n) is 5.56. The van der Waals surface area contributed by atoms with Gasteiger partial charge in [-0.25, -0.2) is 0 Å². The van der Waals surface area contributed by atoms with Gasteiger partial charge in [0.15, 0.2) is 0 Å². The van der Waals surface area contributed by atoms with E-state index < -0.39 is 0 Å². The van der Waals surface area contributed by atoms with Crippen molar-refractivity contribution in [2.45, 2.75) is 70.6 Å². The lowest BCUT2D eigenvalue weighted by molar-refractivity contribution is -0.159. The summed E-state index contributed by atoms with van der Waals surface area (Å²) < 4.78 is 11.2. The molecule has 0 aromatic rings. The Bertz CT molecular complexity index is 293. The van der Waals surface area contributed by atoms with Crippen LogP contribution in [0, 0.1) is 0 Å². The van der Waals surface area contributed by atoms with E-state index in [1.807, 2.05) is 6.92 Å². The van der Waals surface area contributed by atoms with Gasteiger partial charge in [-0.1, -0.05) is 26.2 Å². The molecule has 3 atom stereocenters. The van der Waals surface area contributed by atoms with Crippen molar-refractivity contribution in [1.82, 2.24) is 4.90 Å². The normalized spacial score (nSPS) is 29.6. The maximum Gasteiger partial charge on any atom is 0.323 e. The average Bonchev–Trinajstić information content (AvgIpc) is 2.44. The number of hydrogen-bond donors (Lipinski definition) is 0. The smallest absolute Gasteiger partial charge is 0.323 e. The van der Waals surface area contributed by atoms with Crippen LogP contribution in [0.2, 0.25) is 0 Å². The minimum atomic E-state index is -0.0700. The van der Waals surface area contributed by atoms with E-state index in [0.717, 1.165) is 38.8 Å². The van der Waals surface area contributed by atoms with Crippen molar-refractivity contribution in [3.63, 3.8) is 0 Å². The van der Waals surface area contributed by atoms with Crippen LogP contribution >= 0.6 is 0 Å². The molecule has 1 saturated carbocycles. The Kier molecular flexibility index (Phi) is 5.64. The first-order valence-electron chi connectivity index (χ1n) is 7.81. The van der Waals surface area contributed by atoms with E-state index in [1.165, 1.54) is 12.8 Å². The van der Waals surface area contributed by atoms with E-state index in [2.05, 4.69) is 11.8 Å². The van der Waals surface area contributed by atoms with Gasteiger partial charge in [0, 0.05) is 12.6 Å². The number of nitrogens with zero attached hydrogens (tertiary/aromatic N) is 1. The van der Waals surface area contributed by atoms with Crippen LogP contribution in [-0.2, 0) is 14.3 Å². The van der Waals surface area contributed by atoms with E-state index in [0.29, 0.717) is 18.8 Å². The van der Waals surface area contributed by atoms with Crippen molar-refractivity contribution in [3.05, 3.63) is 0 Å². The molecule has 0 bridgehead atoms. The summed E-state index contributed by atoms with van der Waals surface area (Å²) in [4.78, 5) is 14.6. The predicted octanol–water partition coefficient (Wildman–Crippen LogP) is 2.36. The van der Waals surface area contributed by atoms with Crippen LogP contribution in [0.5, 0.6) is 0 Å². The van der Waals surface area contributed by atoms with Gasteiger partial charge in [-0.3, -0.25) is 9.69 Å². The Balaban J connectivity index is 2.07. The zero-order valence-electron chi connectivity index (χ0n) is 12.3. The van der Waals surface area contributed by atoms with E-state index >= 15 is 0 Å². The number of carbonyl (C=O) groups excluding carboxylic acids is 1. The average molecular weight is 269 g/mol. The molecule has 19 heavy (non-hydrogen) atoms. The molecule has 1 heterocycles. The molecule has 0 amide bonds. The van der Waals surface area contributed by atoms with Crippen LogP contribution in [0.3, 0.4) is 0 Å². The Labute approximate surface area is 116 Å². The minimum absolute atomic E-state index is 0.0458. The first-order chi connectivity index (χ1) is 9.27. The molecule has 1 aliphatic heterocycles. The van der Waals surface area contributed by atoms with Gasteiger partial charge in [-0.05, 0) is 26.2 Å². The van der Waals surface area contributed by atoms with Gasteiger partial charge in [-0.15, -0.1) is 0 Å². The van der Waals surface area contributed by atoms with Gasteiger partial charge in [0.1, 0.15) is 6.04 Å². The molecule has 1 aliphatic carbocycles. The van der Waals surface area contributed by atoms with Crippen LogP contribution in [0.15, 0.2) is 0 Å². The fraction of sp³-hybridized carbons (Fsp3) is 0.933. The first-order valence-corrected chi connectivity index (χ1v) is 7.81. The van der Waals surface area contributed by atoms with Crippen LogP contribution in [-0.4, -0.2) is 48.8 Å². The zero-order chi connectivity index (χ0) is 13.7. The van der Waals surface area contributed by atoms with Gasteiger partial charge in [0.25, 0.3) is 0 Å². The highest BCUT2D eigenvalue weighted by Crippen LogP contribution is 2.30. The monoisotopic (exact) mass is 269 g/mol. The van der Waals surface area contributed by atoms with E-state index in [-0.39, 0.29) is 12.0 Å². The first kappa shape index (κ1) is 14.8. The number of hydrogen-bond acceptors (Lipinski definition) is 4. The molecule has 3 unspecified atom stereocenters. The lowest BCUT2D eigenvalue weighted by Crippen LogP contribution is -2.58. The van der Waals surface area contributed by atoms with Crippen molar-refractivity contribution in [1.29, 1.82) is 0 Å². The van der Waals surface area contributed by atoms with Crippen LogP contribution in [0.4, 0.5) is 0 Å². The van der Waals surface area contributed by atoms with Crippen LogP contribution in [0.25, 0.3) is 0 Å². The number of rotatable bonds is 5. The molecule has 0 N–H and O–H groups in total. The van der Waals surface area contributed by atoms with Crippen molar-refractivity contribution in [2.75, 3.05) is 19.8 Å².